The number of amides is 2. The second-order valence-corrected chi connectivity index (χ2v) is 8.82. The van der Waals surface area contributed by atoms with Gasteiger partial charge >= 0.3 is 5.76 Å². The molecule has 4 heterocycles. The van der Waals surface area contributed by atoms with Gasteiger partial charge in [0.05, 0.1) is 11.2 Å². The van der Waals surface area contributed by atoms with E-state index in [1.54, 1.807) is 37.0 Å². The number of nitrogens with one attached hydrogen (secondary N) is 3. The van der Waals surface area contributed by atoms with Crippen molar-refractivity contribution in [3.05, 3.63) is 70.1 Å². The molecule has 13 heteroatoms. The number of oxazole rings is 1. The molecule has 0 fully saturated rings. The molecule has 6 rings (SSSR count). The summed E-state index contributed by atoms with van der Waals surface area (Å²) in [5.41, 5.74) is 4.43. The molecule has 1 aliphatic rings. The molecule has 13 nitrogen and oxygen atoms in total. The van der Waals surface area contributed by atoms with Crippen molar-refractivity contribution in [1.29, 1.82) is 0 Å². The largest absolute Gasteiger partial charge is 0.482 e. The van der Waals surface area contributed by atoms with E-state index < -0.39 is 11.7 Å². The van der Waals surface area contributed by atoms with E-state index in [4.69, 9.17) is 9.15 Å². The predicted octanol–water partition coefficient (Wildman–Crippen LogP) is 1.68. The summed E-state index contributed by atoms with van der Waals surface area (Å²) in [6, 6.07) is 10.8. The van der Waals surface area contributed by atoms with Crippen LogP contribution in [0.2, 0.25) is 0 Å². The van der Waals surface area contributed by atoms with E-state index in [0.29, 0.717) is 45.9 Å². The molecule has 3 aromatic heterocycles. The average Bonchev–Trinajstić information content (AvgIpc) is 3.39. The lowest BCUT2D eigenvalue weighted by Gasteiger charge is -2.18. The summed E-state index contributed by atoms with van der Waals surface area (Å²) in [5.74, 6) is 0.179. The summed E-state index contributed by atoms with van der Waals surface area (Å²) in [4.78, 5) is 44.9. The van der Waals surface area contributed by atoms with E-state index in [1.807, 2.05) is 18.2 Å². The Labute approximate surface area is 214 Å². The number of nitrogens with zero attached hydrogens (tertiary/aromatic N) is 5. The third-order valence-electron chi connectivity index (χ3n) is 6.28. The summed E-state index contributed by atoms with van der Waals surface area (Å²) in [6.45, 7) is 0.639. The minimum absolute atomic E-state index is 0.00184. The van der Waals surface area contributed by atoms with Crippen LogP contribution in [0, 0.1) is 0 Å². The first-order valence-electron chi connectivity index (χ1n) is 11.7. The van der Waals surface area contributed by atoms with Gasteiger partial charge < -0.3 is 25.1 Å². The van der Waals surface area contributed by atoms with Gasteiger partial charge in [-0.05, 0) is 35.4 Å². The standard InChI is InChI=1S/C25H22N8O5/c1-32-16-8-14(4-6-18(16)38-25(32)36)10-27-24(35)22-20-21(28-12-29-22)23(33(2)31-20)26-9-13-3-5-17-15(7-13)30-19(34)11-37-17/h3-8,12,26H,9-11H2,1-2H3,(H,27,35)(H,30,34). The van der Waals surface area contributed by atoms with Gasteiger partial charge in [0.15, 0.2) is 23.7 Å². The minimum atomic E-state index is -0.448. The molecule has 0 spiro atoms. The van der Waals surface area contributed by atoms with Crippen molar-refractivity contribution in [3.8, 4) is 5.75 Å². The van der Waals surface area contributed by atoms with Gasteiger partial charge in [-0.3, -0.25) is 18.8 Å². The third-order valence-corrected chi connectivity index (χ3v) is 6.28. The second kappa shape index (κ2) is 9.03. The second-order valence-electron chi connectivity index (χ2n) is 8.82. The Balaban J connectivity index is 1.20. The van der Waals surface area contributed by atoms with E-state index in [1.165, 1.54) is 10.9 Å². The molecule has 0 radical (unpaired) electrons. The number of aromatic nitrogens is 5. The first kappa shape index (κ1) is 23.2. The fourth-order valence-electron chi connectivity index (χ4n) is 4.34. The quantitative estimate of drug-likeness (QED) is 0.306. The fourth-order valence-corrected chi connectivity index (χ4v) is 4.34. The number of rotatable bonds is 6. The highest BCUT2D eigenvalue weighted by atomic mass is 16.5. The molecule has 3 N–H and O–H groups in total. The van der Waals surface area contributed by atoms with Crippen molar-refractivity contribution in [2.24, 2.45) is 14.1 Å². The topological polar surface area (TPSA) is 158 Å². The van der Waals surface area contributed by atoms with E-state index in [2.05, 4.69) is 31.0 Å². The fraction of sp³-hybridized carbons (Fsp3) is 0.200. The van der Waals surface area contributed by atoms with Crippen molar-refractivity contribution < 1.29 is 18.7 Å². The van der Waals surface area contributed by atoms with Gasteiger partial charge in [0, 0.05) is 27.2 Å². The van der Waals surface area contributed by atoms with Crippen LogP contribution in [0.3, 0.4) is 0 Å². The zero-order valence-corrected chi connectivity index (χ0v) is 20.4. The summed E-state index contributed by atoms with van der Waals surface area (Å²) in [5, 5.41) is 13.4. The summed E-state index contributed by atoms with van der Waals surface area (Å²) < 4.78 is 13.6. The van der Waals surface area contributed by atoms with Crippen LogP contribution in [0.1, 0.15) is 21.6 Å². The third kappa shape index (κ3) is 4.09. The van der Waals surface area contributed by atoms with E-state index >= 15 is 0 Å². The molecule has 0 bridgehead atoms. The highest BCUT2D eigenvalue weighted by Gasteiger charge is 2.20. The molecule has 2 amide bonds. The van der Waals surface area contributed by atoms with Crippen molar-refractivity contribution >= 4 is 45.5 Å². The number of hydrogen-bond acceptors (Lipinski definition) is 9. The number of carbonyl (C=O) groups excluding carboxylic acids is 2. The Bertz CT molecular complexity index is 1800. The number of hydrogen-bond donors (Lipinski definition) is 3. The Hall–Kier alpha value is -5.20. The maximum atomic E-state index is 13.0. The van der Waals surface area contributed by atoms with Crippen molar-refractivity contribution in [2.75, 3.05) is 17.2 Å². The maximum Gasteiger partial charge on any atom is 0.419 e. The molecule has 0 saturated heterocycles. The SMILES string of the molecule is Cn1nc2c(C(=O)NCc3ccc4oc(=O)n(C)c4c3)ncnc2c1NCc1ccc2c(c1)NC(=O)CO2. The average molecular weight is 515 g/mol. The summed E-state index contributed by atoms with van der Waals surface area (Å²) in [7, 11) is 3.37. The monoisotopic (exact) mass is 514 g/mol. The number of fused-ring (bicyclic) bond motifs is 3. The molecule has 1 aliphatic heterocycles. The van der Waals surface area contributed by atoms with E-state index in [0.717, 1.165) is 11.1 Å². The van der Waals surface area contributed by atoms with Gasteiger partial charge in [0.25, 0.3) is 11.8 Å². The van der Waals surface area contributed by atoms with Crippen LogP contribution >= 0.6 is 0 Å². The highest BCUT2D eigenvalue weighted by molar-refractivity contribution is 6.05. The van der Waals surface area contributed by atoms with Gasteiger partial charge in [-0.15, -0.1) is 0 Å². The van der Waals surface area contributed by atoms with E-state index in [-0.39, 0.29) is 24.8 Å². The minimum Gasteiger partial charge on any atom is -0.482 e. The first-order chi connectivity index (χ1) is 18.4. The molecule has 0 saturated carbocycles. The maximum absolute atomic E-state index is 13.0. The zero-order valence-electron chi connectivity index (χ0n) is 20.4. The van der Waals surface area contributed by atoms with E-state index in [9.17, 15) is 14.4 Å². The summed E-state index contributed by atoms with van der Waals surface area (Å²) >= 11 is 0. The van der Waals surface area contributed by atoms with Crippen LogP contribution in [0.25, 0.3) is 22.1 Å². The lowest BCUT2D eigenvalue weighted by molar-refractivity contribution is -0.118. The van der Waals surface area contributed by atoms with Gasteiger partial charge in [0.2, 0.25) is 0 Å². The Kier molecular flexibility index (Phi) is 5.52. The van der Waals surface area contributed by atoms with Gasteiger partial charge in [-0.25, -0.2) is 14.8 Å². The summed E-state index contributed by atoms with van der Waals surface area (Å²) in [6.07, 6.45) is 1.32. The van der Waals surface area contributed by atoms with Crippen LogP contribution < -0.4 is 26.4 Å². The zero-order chi connectivity index (χ0) is 26.4. The van der Waals surface area contributed by atoms with Gasteiger partial charge in [-0.2, -0.15) is 5.10 Å². The lowest BCUT2D eigenvalue weighted by Crippen LogP contribution is -2.25. The highest BCUT2D eigenvalue weighted by Crippen LogP contribution is 2.29. The smallest absolute Gasteiger partial charge is 0.419 e. The number of ether oxygens (including phenoxy) is 1. The lowest BCUT2D eigenvalue weighted by atomic mass is 10.1. The van der Waals surface area contributed by atoms with Crippen molar-refractivity contribution in [1.82, 2.24) is 29.6 Å². The number of aryl methyl sites for hydroxylation is 2. The molecular weight excluding hydrogens is 492 g/mol. The van der Waals surface area contributed by atoms with Crippen LogP contribution in [0.15, 0.2) is 51.9 Å². The van der Waals surface area contributed by atoms with Crippen molar-refractivity contribution in [2.45, 2.75) is 13.1 Å². The first-order valence-corrected chi connectivity index (χ1v) is 11.7. The van der Waals surface area contributed by atoms with Gasteiger partial charge in [0.1, 0.15) is 23.1 Å². The molecule has 0 unspecified atom stereocenters. The molecule has 0 aliphatic carbocycles. The van der Waals surface area contributed by atoms with Gasteiger partial charge in [-0.1, -0.05) is 12.1 Å². The molecule has 38 heavy (non-hydrogen) atoms. The number of carbonyl (C=O) groups is 2. The van der Waals surface area contributed by atoms with Crippen LogP contribution in [-0.2, 0) is 32.0 Å². The molecular formula is C25H22N8O5. The Morgan fingerprint density at radius 3 is 2.74 bits per heavy atom. The molecule has 2 aromatic carbocycles. The number of anilines is 2. The van der Waals surface area contributed by atoms with Crippen LogP contribution in [0.4, 0.5) is 11.5 Å². The van der Waals surface area contributed by atoms with Crippen LogP contribution in [0.5, 0.6) is 5.75 Å². The molecule has 0 atom stereocenters. The van der Waals surface area contributed by atoms with Crippen molar-refractivity contribution in [3.63, 3.8) is 0 Å². The normalized spacial score (nSPS) is 12.7. The Morgan fingerprint density at radius 1 is 1.05 bits per heavy atom. The molecule has 5 aromatic rings. The molecule has 192 valence electrons. The predicted molar refractivity (Wildman–Crippen MR) is 137 cm³/mol. The Morgan fingerprint density at radius 2 is 1.87 bits per heavy atom. The van der Waals surface area contributed by atoms with Crippen LogP contribution in [-0.4, -0.2) is 42.7 Å². The number of benzene rings is 2.